The molecule has 26 heavy (non-hydrogen) atoms. The van der Waals surface area contributed by atoms with Crippen molar-refractivity contribution < 1.29 is 4.74 Å². The zero-order valence-electron chi connectivity index (χ0n) is 16.8. The van der Waals surface area contributed by atoms with Crippen molar-refractivity contribution in [3.63, 3.8) is 0 Å². The minimum atomic E-state index is -0.0325. The first-order valence-corrected chi connectivity index (χ1v) is 10.1. The van der Waals surface area contributed by atoms with E-state index in [0.717, 1.165) is 18.7 Å². The monoisotopic (exact) mass is 415 g/mol. The van der Waals surface area contributed by atoms with E-state index in [1.54, 1.807) is 7.11 Å². The number of ether oxygens (including phenoxy) is 1. The van der Waals surface area contributed by atoms with Crippen molar-refractivity contribution in [2.75, 3.05) is 7.11 Å². The third-order valence-corrected chi connectivity index (χ3v) is 6.52. The van der Waals surface area contributed by atoms with Gasteiger partial charge in [0.25, 0.3) is 0 Å². The Morgan fingerprint density at radius 2 is 1.77 bits per heavy atom. The summed E-state index contributed by atoms with van der Waals surface area (Å²) >= 11 is 3.80. The first kappa shape index (κ1) is 19.4. The molecule has 3 heteroatoms. The lowest BCUT2D eigenvalue weighted by atomic mass is 9.72. The molecule has 3 rings (SSSR count). The Labute approximate surface area is 166 Å². The number of benzene rings is 2. The average Bonchev–Trinajstić information content (AvgIpc) is 2.57. The molecule has 140 valence electrons. The molecular formula is C23H30BrNO. The van der Waals surface area contributed by atoms with Crippen LogP contribution >= 0.6 is 15.9 Å². The van der Waals surface area contributed by atoms with Crippen LogP contribution in [0.15, 0.2) is 46.9 Å². The summed E-state index contributed by atoms with van der Waals surface area (Å²) in [7, 11) is 1.72. The largest absolute Gasteiger partial charge is 0.497 e. The maximum Gasteiger partial charge on any atom is 0.118 e. The Morgan fingerprint density at radius 3 is 2.35 bits per heavy atom. The summed E-state index contributed by atoms with van der Waals surface area (Å²) in [6, 6.07) is 15.6. The predicted molar refractivity (Wildman–Crippen MR) is 113 cm³/mol. The van der Waals surface area contributed by atoms with Crippen LogP contribution in [0.2, 0.25) is 0 Å². The molecule has 0 amide bonds. The summed E-state index contributed by atoms with van der Waals surface area (Å²) in [5.41, 5.74) is 4.38. The fourth-order valence-electron chi connectivity index (χ4n) is 4.20. The van der Waals surface area contributed by atoms with Crippen molar-refractivity contribution in [1.82, 2.24) is 4.90 Å². The Hall–Kier alpha value is -1.32. The fourth-order valence-corrected chi connectivity index (χ4v) is 4.72. The van der Waals surface area contributed by atoms with Gasteiger partial charge in [0.05, 0.1) is 7.11 Å². The van der Waals surface area contributed by atoms with Gasteiger partial charge in [-0.05, 0) is 60.6 Å². The molecular weight excluding hydrogens is 386 g/mol. The lowest BCUT2D eigenvalue weighted by Gasteiger charge is -2.53. The van der Waals surface area contributed by atoms with Gasteiger partial charge in [0.1, 0.15) is 5.75 Å². The van der Waals surface area contributed by atoms with Crippen LogP contribution in [0.5, 0.6) is 5.75 Å². The summed E-state index contributed by atoms with van der Waals surface area (Å²) in [4.78, 5) is 2.68. The van der Waals surface area contributed by atoms with E-state index in [1.165, 1.54) is 21.2 Å². The van der Waals surface area contributed by atoms with Crippen molar-refractivity contribution in [1.29, 1.82) is 0 Å². The highest BCUT2D eigenvalue weighted by Gasteiger charge is 2.44. The van der Waals surface area contributed by atoms with Gasteiger partial charge in [0, 0.05) is 22.6 Å². The molecule has 0 spiro atoms. The summed E-state index contributed by atoms with van der Waals surface area (Å²) < 4.78 is 6.55. The normalized spacial score (nSPS) is 19.9. The van der Waals surface area contributed by atoms with E-state index >= 15 is 0 Å². The quantitative estimate of drug-likeness (QED) is 0.594. The molecule has 0 radical (unpaired) electrons. The van der Waals surface area contributed by atoms with Crippen LogP contribution in [0.3, 0.4) is 0 Å². The average molecular weight is 416 g/mol. The first-order chi connectivity index (χ1) is 12.1. The van der Waals surface area contributed by atoms with Gasteiger partial charge in [-0.3, -0.25) is 4.90 Å². The molecule has 1 aliphatic rings. The smallest absolute Gasteiger partial charge is 0.118 e. The lowest BCUT2D eigenvalue weighted by Crippen LogP contribution is -2.56. The van der Waals surface area contributed by atoms with Crippen molar-refractivity contribution in [2.45, 2.75) is 59.2 Å². The number of methoxy groups -OCH3 is 1. The number of fused-ring (bicyclic) bond motifs is 1. The molecule has 0 N–H and O–H groups in total. The molecule has 2 nitrogen and oxygen atoms in total. The lowest BCUT2D eigenvalue weighted by molar-refractivity contribution is -0.00993. The minimum Gasteiger partial charge on any atom is -0.497 e. The predicted octanol–water partition coefficient (Wildman–Crippen LogP) is 6.17. The Bertz CT molecular complexity index is 774. The van der Waals surface area contributed by atoms with E-state index in [2.05, 4.69) is 97.9 Å². The van der Waals surface area contributed by atoms with Crippen LogP contribution in [0.1, 0.15) is 51.3 Å². The highest BCUT2D eigenvalue weighted by atomic mass is 79.9. The summed E-state index contributed by atoms with van der Waals surface area (Å²) in [6.07, 6.45) is 1.07. The van der Waals surface area contributed by atoms with Crippen LogP contribution in [-0.4, -0.2) is 18.1 Å². The van der Waals surface area contributed by atoms with Gasteiger partial charge in [-0.15, -0.1) is 0 Å². The van der Waals surface area contributed by atoms with Crippen LogP contribution in [0, 0.1) is 5.41 Å². The highest BCUT2D eigenvalue weighted by molar-refractivity contribution is 9.10. The van der Waals surface area contributed by atoms with Gasteiger partial charge >= 0.3 is 0 Å². The molecule has 2 aromatic carbocycles. The van der Waals surface area contributed by atoms with Crippen molar-refractivity contribution in [3.05, 3.63) is 63.6 Å². The second-order valence-corrected chi connectivity index (χ2v) is 9.74. The molecule has 0 aliphatic carbocycles. The number of rotatable bonds is 3. The van der Waals surface area contributed by atoms with Crippen molar-refractivity contribution >= 4 is 15.9 Å². The molecule has 0 bridgehead atoms. The molecule has 0 saturated carbocycles. The van der Waals surface area contributed by atoms with Crippen LogP contribution in [0.25, 0.3) is 0 Å². The number of hydrogen-bond donors (Lipinski definition) is 0. The molecule has 1 unspecified atom stereocenters. The van der Waals surface area contributed by atoms with E-state index in [-0.39, 0.29) is 11.0 Å². The van der Waals surface area contributed by atoms with E-state index in [9.17, 15) is 0 Å². The van der Waals surface area contributed by atoms with Gasteiger partial charge in [0.15, 0.2) is 0 Å². The molecule has 1 heterocycles. The van der Waals surface area contributed by atoms with Crippen molar-refractivity contribution in [3.8, 4) is 5.75 Å². The van der Waals surface area contributed by atoms with E-state index in [1.807, 2.05) is 0 Å². The maximum atomic E-state index is 5.32. The van der Waals surface area contributed by atoms with E-state index in [0.29, 0.717) is 6.04 Å². The second-order valence-electron chi connectivity index (χ2n) is 8.89. The fraction of sp³-hybridized carbons (Fsp3) is 0.478. The molecule has 0 saturated heterocycles. The SMILES string of the molecule is COc1ccc(CN2C(C(C)(C)C)Cc3c(Br)cccc3C2(C)C)cc1. The summed E-state index contributed by atoms with van der Waals surface area (Å²) in [5, 5.41) is 0. The topological polar surface area (TPSA) is 12.5 Å². The highest BCUT2D eigenvalue weighted by Crippen LogP contribution is 2.45. The minimum absolute atomic E-state index is 0.0325. The van der Waals surface area contributed by atoms with Crippen LogP contribution in [-0.2, 0) is 18.5 Å². The van der Waals surface area contributed by atoms with E-state index in [4.69, 9.17) is 4.74 Å². The third-order valence-electron chi connectivity index (χ3n) is 5.78. The van der Waals surface area contributed by atoms with E-state index < -0.39 is 0 Å². The zero-order valence-corrected chi connectivity index (χ0v) is 18.4. The van der Waals surface area contributed by atoms with Gasteiger partial charge < -0.3 is 4.74 Å². The Morgan fingerprint density at radius 1 is 1.12 bits per heavy atom. The number of hydrogen-bond acceptors (Lipinski definition) is 2. The molecule has 2 aromatic rings. The van der Waals surface area contributed by atoms with Gasteiger partial charge in [0.2, 0.25) is 0 Å². The Kier molecular flexibility index (Phi) is 5.24. The van der Waals surface area contributed by atoms with Crippen LogP contribution in [0.4, 0.5) is 0 Å². The third kappa shape index (κ3) is 3.57. The summed E-state index contributed by atoms with van der Waals surface area (Å²) in [6.45, 7) is 12.7. The number of halogens is 1. The summed E-state index contributed by atoms with van der Waals surface area (Å²) in [5.74, 6) is 0.910. The molecule has 1 aliphatic heterocycles. The van der Waals surface area contributed by atoms with Crippen molar-refractivity contribution in [2.24, 2.45) is 5.41 Å². The standard InChI is InChI=1S/C23H30BrNO/c1-22(2,3)21-14-18-19(8-7-9-20(18)24)23(4,5)25(21)15-16-10-12-17(26-6)13-11-16/h7-13,21H,14-15H2,1-6H3. The maximum absolute atomic E-state index is 5.32. The van der Waals surface area contributed by atoms with Gasteiger partial charge in [-0.1, -0.05) is 61.0 Å². The van der Waals surface area contributed by atoms with Gasteiger partial charge in [-0.2, -0.15) is 0 Å². The molecule has 0 aromatic heterocycles. The molecule has 1 atom stereocenters. The Balaban J connectivity index is 2.04. The second kappa shape index (κ2) is 7.01. The van der Waals surface area contributed by atoms with Gasteiger partial charge in [-0.25, -0.2) is 0 Å². The first-order valence-electron chi connectivity index (χ1n) is 9.32. The molecule has 0 fully saturated rings. The zero-order chi connectivity index (χ0) is 19.1. The van der Waals surface area contributed by atoms with Crippen LogP contribution < -0.4 is 4.74 Å². The number of nitrogens with zero attached hydrogens (tertiary/aromatic N) is 1.